The van der Waals surface area contributed by atoms with Crippen molar-refractivity contribution in [3.05, 3.63) is 54.1 Å². The molecule has 136 valence electrons. The molecule has 2 heterocycles. The summed E-state index contributed by atoms with van der Waals surface area (Å²) in [5.74, 6) is -0.689. The van der Waals surface area contributed by atoms with E-state index in [4.69, 9.17) is 0 Å². The highest BCUT2D eigenvalue weighted by molar-refractivity contribution is 5.85. The Labute approximate surface area is 151 Å². The number of piperidine rings is 1. The van der Waals surface area contributed by atoms with Gasteiger partial charge >= 0.3 is 0 Å². The molecule has 1 fully saturated rings. The van der Waals surface area contributed by atoms with Gasteiger partial charge in [0.05, 0.1) is 6.10 Å². The molecule has 1 aromatic carbocycles. The Kier molecular flexibility index (Phi) is 6.52. The summed E-state index contributed by atoms with van der Waals surface area (Å²) in [7, 11) is 0. The Morgan fingerprint density at radius 2 is 2.08 bits per heavy atom. The zero-order chi connectivity index (χ0) is 17.0. The number of nitrogens with zero attached hydrogens (tertiary/aromatic N) is 2. The van der Waals surface area contributed by atoms with E-state index < -0.39 is 17.5 Å². The topological polar surface area (TPSA) is 79.2 Å². The molecule has 25 heavy (non-hydrogen) atoms. The van der Waals surface area contributed by atoms with Gasteiger partial charge in [-0.3, -0.25) is 9.48 Å². The maximum absolute atomic E-state index is 13.7. The lowest BCUT2D eigenvalue weighted by Gasteiger charge is -2.36. The molecule has 1 atom stereocenters. The van der Waals surface area contributed by atoms with E-state index in [1.54, 1.807) is 35.3 Å². The minimum Gasteiger partial charge on any atom is -0.386 e. The third-order valence-electron chi connectivity index (χ3n) is 4.52. The van der Waals surface area contributed by atoms with Crippen LogP contribution < -0.4 is 10.6 Å². The van der Waals surface area contributed by atoms with E-state index in [0.717, 1.165) is 0 Å². The molecule has 0 aliphatic carbocycles. The molecule has 3 rings (SSSR count). The van der Waals surface area contributed by atoms with Crippen molar-refractivity contribution in [1.82, 2.24) is 20.4 Å². The second-order valence-corrected chi connectivity index (χ2v) is 5.98. The van der Waals surface area contributed by atoms with Crippen LogP contribution in [-0.2, 0) is 10.3 Å². The molecule has 1 unspecified atom stereocenters. The van der Waals surface area contributed by atoms with Gasteiger partial charge in [0.2, 0.25) is 5.91 Å². The summed E-state index contributed by atoms with van der Waals surface area (Å²) in [6.07, 6.45) is 3.54. The molecule has 2 aromatic rings. The number of halogens is 2. The molecular weight excluding hydrogens is 347 g/mol. The lowest BCUT2D eigenvalue weighted by atomic mass is 9.87. The predicted molar refractivity (Wildman–Crippen MR) is 93.9 cm³/mol. The van der Waals surface area contributed by atoms with Crippen molar-refractivity contribution >= 4 is 18.3 Å². The van der Waals surface area contributed by atoms with E-state index in [2.05, 4.69) is 15.7 Å². The van der Waals surface area contributed by atoms with Gasteiger partial charge in [0.25, 0.3) is 0 Å². The Hall–Kier alpha value is -1.96. The van der Waals surface area contributed by atoms with E-state index in [-0.39, 0.29) is 30.4 Å². The number of carbonyl (C=O) groups is 1. The van der Waals surface area contributed by atoms with Crippen LogP contribution in [0.3, 0.4) is 0 Å². The van der Waals surface area contributed by atoms with Gasteiger partial charge in [-0.1, -0.05) is 18.2 Å². The first-order chi connectivity index (χ1) is 11.6. The fraction of sp³-hybridized carbons (Fsp3) is 0.412. The van der Waals surface area contributed by atoms with Gasteiger partial charge in [0.15, 0.2) is 0 Å². The SMILES string of the molecule is Cl.O=C(NCC(O)c1ccccc1F)C1(n2cccn2)CCNCC1. The zero-order valence-corrected chi connectivity index (χ0v) is 14.5. The van der Waals surface area contributed by atoms with Crippen molar-refractivity contribution in [1.29, 1.82) is 0 Å². The molecule has 0 radical (unpaired) electrons. The molecule has 3 N–H and O–H groups in total. The zero-order valence-electron chi connectivity index (χ0n) is 13.7. The van der Waals surface area contributed by atoms with Crippen LogP contribution in [0.15, 0.2) is 42.7 Å². The van der Waals surface area contributed by atoms with Crippen molar-refractivity contribution in [3.8, 4) is 0 Å². The van der Waals surface area contributed by atoms with Crippen LogP contribution in [-0.4, -0.2) is 40.4 Å². The fourth-order valence-corrected chi connectivity index (χ4v) is 3.13. The summed E-state index contributed by atoms with van der Waals surface area (Å²) >= 11 is 0. The number of carbonyl (C=O) groups excluding carboxylic acids is 1. The smallest absolute Gasteiger partial charge is 0.248 e. The molecule has 1 aromatic heterocycles. The minimum absolute atomic E-state index is 0. The number of amides is 1. The highest BCUT2D eigenvalue weighted by Gasteiger charge is 2.42. The second kappa shape index (κ2) is 8.42. The van der Waals surface area contributed by atoms with Crippen LogP contribution in [0, 0.1) is 5.82 Å². The highest BCUT2D eigenvalue weighted by Crippen LogP contribution is 2.27. The molecule has 1 amide bonds. The predicted octanol–water partition coefficient (Wildman–Crippen LogP) is 1.37. The van der Waals surface area contributed by atoms with Crippen molar-refractivity contribution in [2.75, 3.05) is 19.6 Å². The second-order valence-electron chi connectivity index (χ2n) is 5.98. The molecule has 8 heteroatoms. The van der Waals surface area contributed by atoms with Crippen LogP contribution in [0.5, 0.6) is 0 Å². The fourth-order valence-electron chi connectivity index (χ4n) is 3.13. The van der Waals surface area contributed by atoms with Crippen LogP contribution in [0.4, 0.5) is 4.39 Å². The van der Waals surface area contributed by atoms with E-state index in [1.165, 1.54) is 12.1 Å². The highest BCUT2D eigenvalue weighted by atomic mass is 35.5. The lowest BCUT2D eigenvalue weighted by Crippen LogP contribution is -2.55. The standard InChI is InChI=1S/C17H21FN4O2.ClH/c18-14-5-2-1-4-13(14)15(23)12-20-16(24)17(6-9-19-10-7-17)22-11-3-8-21-22;/h1-5,8,11,15,19,23H,6-7,9-10,12H2,(H,20,24);1H. The first-order valence-corrected chi connectivity index (χ1v) is 8.05. The molecule has 1 saturated heterocycles. The van der Waals surface area contributed by atoms with E-state index in [9.17, 15) is 14.3 Å². The molecule has 0 saturated carbocycles. The Balaban J connectivity index is 0.00000225. The quantitative estimate of drug-likeness (QED) is 0.744. The first-order valence-electron chi connectivity index (χ1n) is 8.05. The molecular formula is C17H22ClFN4O2. The third-order valence-corrected chi connectivity index (χ3v) is 4.52. The number of benzene rings is 1. The number of aromatic nitrogens is 2. The molecule has 0 bridgehead atoms. The summed E-state index contributed by atoms with van der Waals surface area (Å²) in [6, 6.07) is 7.80. The van der Waals surface area contributed by atoms with Gasteiger partial charge in [0, 0.05) is 24.5 Å². The molecule has 6 nitrogen and oxygen atoms in total. The number of aliphatic hydroxyl groups excluding tert-OH is 1. The number of rotatable bonds is 5. The van der Waals surface area contributed by atoms with Crippen molar-refractivity contribution < 1.29 is 14.3 Å². The molecule has 0 spiro atoms. The van der Waals surface area contributed by atoms with E-state index in [1.807, 2.05) is 0 Å². The lowest BCUT2D eigenvalue weighted by molar-refractivity contribution is -0.132. The largest absolute Gasteiger partial charge is 0.386 e. The van der Waals surface area contributed by atoms with Crippen LogP contribution in [0.1, 0.15) is 24.5 Å². The average Bonchev–Trinajstić information content (AvgIpc) is 3.15. The van der Waals surface area contributed by atoms with Gasteiger partial charge in [-0.15, -0.1) is 12.4 Å². The first kappa shape index (κ1) is 19.4. The van der Waals surface area contributed by atoms with Crippen LogP contribution in [0.25, 0.3) is 0 Å². The molecule has 1 aliphatic rings. The Morgan fingerprint density at radius 1 is 1.36 bits per heavy atom. The molecule has 1 aliphatic heterocycles. The van der Waals surface area contributed by atoms with Crippen molar-refractivity contribution in [3.63, 3.8) is 0 Å². The Morgan fingerprint density at radius 3 is 2.72 bits per heavy atom. The van der Waals surface area contributed by atoms with E-state index >= 15 is 0 Å². The Bertz CT molecular complexity index is 690. The van der Waals surface area contributed by atoms with Crippen LogP contribution in [0.2, 0.25) is 0 Å². The maximum atomic E-state index is 13.7. The van der Waals surface area contributed by atoms with Gasteiger partial charge in [-0.05, 0) is 38.1 Å². The summed E-state index contributed by atoms with van der Waals surface area (Å²) in [5.41, 5.74) is -0.597. The third kappa shape index (κ3) is 4.00. The van der Waals surface area contributed by atoms with Gasteiger partial charge in [0.1, 0.15) is 11.4 Å². The van der Waals surface area contributed by atoms with Gasteiger partial charge < -0.3 is 15.7 Å². The number of hydrogen-bond acceptors (Lipinski definition) is 4. The van der Waals surface area contributed by atoms with E-state index in [0.29, 0.717) is 25.9 Å². The van der Waals surface area contributed by atoms with Crippen LogP contribution >= 0.6 is 12.4 Å². The summed E-state index contributed by atoms with van der Waals surface area (Å²) in [6.45, 7) is 1.38. The van der Waals surface area contributed by atoms with Gasteiger partial charge in [-0.2, -0.15) is 5.10 Å². The van der Waals surface area contributed by atoms with Crippen molar-refractivity contribution in [2.24, 2.45) is 0 Å². The summed E-state index contributed by atoms with van der Waals surface area (Å²) in [4.78, 5) is 12.8. The minimum atomic E-state index is -1.09. The summed E-state index contributed by atoms with van der Waals surface area (Å²) in [5, 5.41) is 20.4. The number of nitrogens with one attached hydrogen (secondary N) is 2. The monoisotopic (exact) mass is 368 g/mol. The number of hydrogen-bond donors (Lipinski definition) is 3. The van der Waals surface area contributed by atoms with Crippen molar-refractivity contribution in [2.45, 2.75) is 24.5 Å². The average molecular weight is 369 g/mol. The maximum Gasteiger partial charge on any atom is 0.248 e. The number of aliphatic hydroxyl groups is 1. The normalized spacial score (nSPS) is 17.4. The summed E-state index contributed by atoms with van der Waals surface area (Å²) < 4.78 is 15.4. The van der Waals surface area contributed by atoms with Gasteiger partial charge in [-0.25, -0.2) is 4.39 Å².